The van der Waals surface area contributed by atoms with Crippen molar-refractivity contribution in [2.45, 2.75) is 39.2 Å². The number of hydrogen-bond acceptors (Lipinski definition) is 6. The Morgan fingerprint density at radius 1 is 1.06 bits per heavy atom. The Kier molecular flexibility index (Phi) is 7.17. The van der Waals surface area contributed by atoms with Gasteiger partial charge in [0, 0.05) is 23.8 Å². The van der Waals surface area contributed by atoms with E-state index >= 15 is 0 Å². The minimum Gasteiger partial charge on any atom is -0.461 e. The van der Waals surface area contributed by atoms with Crippen molar-refractivity contribution in [1.29, 1.82) is 0 Å². The molecule has 182 valence electrons. The van der Waals surface area contributed by atoms with Gasteiger partial charge in [0.1, 0.15) is 17.7 Å². The van der Waals surface area contributed by atoms with Gasteiger partial charge in [-0.3, -0.25) is 14.5 Å². The molecule has 7 heteroatoms. The van der Waals surface area contributed by atoms with E-state index < -0.39 is 18.0 Å². The third kappa shape index (κ3) is 5.51. The van der Waals surface area contributed by atoms with Crippen LogP contribution in [0.5, 0.6) is 0 Å². The first-order valence-electron chi connectivity index (χ1n) is 11.5. The topological polar surface area (TPSA) is 72.9 Å². The molecule has 0 aliphatic carbocycles. The van der Waals surface area contributed by atoms with Gasteiger partial charge in [0.05, 0.1) is 0 Å². The van der Waals surface area contributed by atoms with E-state index in [-0.39, 0.29) is 29.0 Å². The molecule has 0 radical (unpaired) electrons. The number of carbonyl (C=O) groups is 3. The monoisotopic (exact) mass is 491 g/mol. The van der Waals surface area contributed by atoms with Gasteiger partial charge in [-0.05, 0) is 16.5 Å². The first-order valence-corrected chi connectivity index (χ1v) is 12.5. The molecular weight excluding hydrogens is 462 g/mol. The molecule has 0 bridgehead atoms. The average Bonchev–Trinajstić information content (AvgIpc) is 2.84. The lowest BCUT2D eigenvalue weighted by Gasteiger charge is -2.47. The van der Waals surface area contributed by atoms with Crippen LogP contribution in [0.4, 0.5) is 0 Å². The number of allylic oxidation sites excluding steroid dienone is 1. The van der Waals surface area contributed by atoms with Crippen LogP contribution in [-0.4, -0.2) is 40.5 Å². The van der Waals surface area contributed by atoms with Crippen molar-refractivity contribution in [3.05, 3.63) is 94.7 Å². The zero-order chi connectivity index (χ0) is 25.2. The van der Waals surface area contributed by atoms with Crippen LogP contribution in [0.3, 0.4) is 0 Å². The number of ether oxygens (including phenoxy) is 2. The van der Waals surface area contributed by atoms with Crippen molar-refractivity contribution in [1.82, 2.24) is 4.90 Å². The first kappa shape index (κ1) is 24.8. The van der Waals surface area contributed by atoms with Gasteiger partial charge >= 0.3 is 11.9 Å². The minimum atomic E-state index is -0.652. The van der Waals surface area contributed by atoms with Crippen molar-refractivity contribution >= 4 is 29.6 Å². The van der Waals surface area contributed by atoms with Gasteiger partial charge in [-0.1, -0.05) is 87.5 Å². The molecule has 1 saturated heterocycles. The highest BCUT2D eigenvalue weighted by molar-refractivity contribution is 8.00. The molecular formula is C28H29NO5S. The summed E-state index contributed by atoms with van der Waals surface area (Å²) in [4.78, 5) is 39.9. The number of β-lactam (4-membered cyclic amide) rings is 1. The van der Waals surface area contributed by atoms with Crippen molar-refractivity contribution in [2.24, 2.45) is 5.41 Å². The fraction of sp³-hybridized carbons (Fsp3) is 0.321. The largest absolute Gasteiger partial charge is 0.461 e. The molecule has 2 aliphatic rings. The summed E-state index contributed by atoms with van der Waals surface area (Å²) >= 11 is 1.54. The predicted molar refractivity (Wildman–Crippen MR) is 135 cm³/mol. The van der Waals surface area contributed by atoms with Gasteiger partial charge in [-0.2, -0.15) is 0 Å². The molecule has 1 amide bonds. The highest BCUT2D eigenvalue weighted by Gasteiger charge is 2.50. The van der Waals surface area contributed by atoms with Gasteiger partial charge in [0.15, 0.2) is 6.10 Å². The van der Waals surface area contributed by atoms with E-state index in [0.717, 1.165) is 11.1 Å². The molecule has 0 spiro atoms. The molecule has 2 aliphatic heterocycles. The molecule has 4 rings (SSSR count). The van der Waals surface area contributed by atoms with Crippen molar-refractivity contribution in [3.63, 3.8) is 0 Å². The lowest BCUT2D eigenvalue weighted by atomic mass is 9.89. The normalized spacial score (nSPS) is 18.9. The smallest absolute Gasteiger partial charge is 0.356 e. The van der Waals surface area contributed by atoms with Crippen LogP contribution in [0.2, 0.25) is 0 Å². The third-order valence-corrected chi connectivity index (χ3v) is 6.91. The summed E-state index contributed by atoms with van der Waals surface area (Å²) in [6, 6.07) is 19.0. The summed E-state index contributed by atoms with van der Waals surface area (Å²) in [7, 11) is 0. The molecule has 2 aromatic rings. The number of benzene rings is 2. The molecule has 2 aromatic carbocycles. The van der Waals surface area contributed by atoms with Crippen LogP contribution >= 0.6 is 11.8 Å². The van der Waals surface area contributed by atoms with Crippen molar-refractivity contribution in [3.8, 4) is 0 Å². The summed E-state index contributed by atoms with van der Waals surface area (Å²) in [6.45, 7) is 7.35. The quantitative estimate of drug-likeness (QED) is 0.321. The lowest BCUT2D eigenvalue weighted by Crippen LogP contribution is -2.57. The van der Waals surface area contributed by atoms with Crippen LogP contribution in [-0.2, 0) is 23.9 Å². The molecule has 2 heterocycles. The van der Waals surface area contributed by atoms with Crippen LogP contribution in [0, 0.1) is 5.41 Å². The SMILES string of the molecule is CC(=O)OCC1=C(C(=O)OC(c2ccccc2)c2ccccc2)N2C(=O)/C(=C/C(C)(C)C)[C@H]2SC1. The molecule has 1 fully saturated rings. The Morgan fingerprint density at radius 3 is 2.14 bits per heavy atom. The highest BCUT2D eigenvalue weighted by atomic mass is 32.2. The Morgan fingerprint density at radius 2 is 1.63 bits per heavy atom. The van der Waals surface area contributed by atoms with E-state index in [2.05, 4.69) is 0 Å². The molecule has 0 unspecified atom stereocenters. The number of carbonyl (C=O) groups excluding carboxylic acids is 3. The van der Waals surface area contributed by atoms with Crippen LogP contribution in [0.1, 0.15) is 44.9 Å². The van der Waals surface area contributed by atoms with E-state index in [0.29, 0.717) is 16.9 Å². The molecule has 35 heavy (non-hydrogen) atoms. The molecule has 0 N–H and O–H groups in total. The van der Waals surface area contributed by atoms with Crippen LogP contribution in [0.25, 0.3) is 0 Å². The minimum absolute atomic E-state index is 0.0665. The van der Waals surface area contributed by atoms with E-state index in [1.54, 1.807) is 0 Å². The summed E-state index contributed by atoms with van der Waals surface area (Å²) in [5, 5.41) is -0.266. The van der Waals surface area contributed by atoms with Gasteiger partial charge in [0.25, 0.3) is 5.91 Å². The predicted octanol–water partition coefficient (Wildman–Crippen LogP) is 5.02. The average molecular weight is 492 g/mol. The summed E-state index contributed by atoms with van der Waals surface area (Å²) in [6.07, 6.45) is 1.31. The Balaban J connectivity index is 1.70. The number of hydrogen-bond donors (Lipinski definition) is 0. The van der Waals surface area contributed by atoms with E-state index in [1.165, 1.54) is 23.6 Å². The second-order valence-electron chi connectivity index (χ2n) is 9.64. The zero-order valence-electron chi connectivity index (χ0n) is 20.3. The number of fused-ring (bicyclic) bond motifs is 1. The standard InChI is InChI=1S/C28H29NO5S/c1-18(30)33-16-21-17-35-26-22(15-28(2,3)4)25(31)29(26)23(21)27(32)34-24(19-11-7-5-8-12-19)20-13-9-6-10-14-20/h5-15,24,26H,16-17H2,1-4H3/b22-15-/t26-/m1/s1. The second-order valence-corrected chi connectivity index (χ2v) is 10.7. The third-order valence-electron chi connectivity index (χ3n) is 5.62. The Hall–Kier alpha value is -3.32. The zero-order valence-corrected chi connectivity index (χ0v) is 21.1. The van der Waals surface area contributed by atoms with Crippen LogP contribution < -0.4 is 0 Å². The van der Waals surface area contributed by atoms with Gasteiger partial charge in [-0.25, -0.2) is 4.79 Å². The summed E-state index contributed by atoms with van der Waals surface area (Å²) < 4.78 is 11.3. The van der Waals surface area contributed by atoms with E-state index in [4.69, 9.17) is 9.47 Å². The van der Waals surface area contributed by atoms with E-state index in [1.807, 2.05) is 87.5 Å². The number of amides is 1. The number of rotatable bonds is 6. The van der Waals surface area contributed by atoms with Gasteiger partial charge in [0.2, 0.25) is 0 Å². The number of esters is 2. The highest BCUT2D eigenvalue weighted by Crippen LogP contribution is 2.45. The van der Waals surface area contributed by atoms with Crippen molar-refractivity contribution in [2.75, 3.05) is 12.4 Å². The molecule has 1 atom stereocenters. The maximum Gasteiger partial charge on any atom is 0.356 e. The first-order chi connectivity index (χ1) is 16.7. The van der Waals surface area contributed by atoms with E-state index in [9.17, 15) is 14.4 Å². The second kappa shape index (κ2) is 10.1. The maximum absolute atomic E-state index is 13.7. The summed E-state index contributed by atoms with van der Waals surface area (Å²) in [5.41, 5.74) is 2.88. The van der Waals surface area contributed by atoms with Gasteiger partial charge in [-0.15, -0.1) is 11.8 Å². The fourth-order valence-electron chi connectivity index (χ4n) is 4.11. The Labute approximate surface area is 210 Å². The van der Waals surface area contributed by atoms with Crippen LogP contribution in [0.15, 0.2) is 83.6 Å². The molecule has 0 saturated carbocycles. The molecule has 0 aromatic heterocycles. The maximum atomic E-state index is 13.7. The Bertz CT molecular complexity index is 1140. The van der Waals surface area contributed by atoms with Crippen molar-refractivity contribution < 1.29 is 23.9 Å². The van der Waals surface area contributed by atoms with Gasteiger partial charge < -0.3 is 9.47 Å². The molecule has 6 nitrogen and oxygen atoms in total. The number of thioether (sulfide) groups is 1. The fourth-order valence-corrected chi connectivity index (χ4v) is 5.39. The summed E-state index contributed by atoms with van der Waals surface area (Å²) in [5.74, 6) is -0.833. The number of nitrogens with zero attached hydrogens (tertiary/aromatic N) is 1. The lowest BCUT2D eigenvalue weighted by molar-refractivity contribution is -0.149.